The van der Waals surface area contributed by atoms with Crippen molar-refractivity contribution in [3.8, 4) is 6.07 Å². The summed E-state index contributed by atoms with van der Waals surface area (Å²) < 4.78 is 0. The van der Waals surface area contributed by atoms with Gasteiger partial charge in [-0.1, -0.05) is 32.0 Å². The molecule has 0 aliphatic carbocycles. The lowest BCUT2D eigenvalue weighted by molar-refractivity contribution is -0.129. The Hall–Kier alpha value is -2.35. The van der Waals surface area contributed by atoms with Gasteiger partial charge in [0.25, 0.3) is 0 Å². The molecule has 1 atom stereocenters. The average molecular weight is 259 g/mol. The molecule has 1 aromatic rings. The summed E-state index contributed by atoms with van der Waals surface area (Å²) in [4.78, 5) is 23.0. The molecule has 0 radical (unpaired) electrons. The summed E-state index contributed by atoms with van der Waals surface area (Å²) in [5, 5.41) is 11.6. The molecule has 0 aliphatic rings. The number of carbonyl (C=O) groups is 2. The highest BCUT2D eigenvalue weighted by atomic mass is 16.2. The van der Waals surface area contributed by atoms with Crippen molar-refractivity contribution in [2.24, 2.45) is 11.7 Å². The summed E-state index contributed by atoms with van der Waals surface area (Å²) in [7, 11) is 0. The molecule has 1 rings (SSSR count). The minimum Gasteiger partial charge on any atom is -0.368 e. The lowest BCUT2D eigenvalue weighted by Crippen LogP contribution is -2.47. The van der Waals surface area contributed by atoms with E-state index in [1.165, 1.54) is 0 Å². The number of nitriles is 1. The Morgan fingerprint density at radius 2 is 2.00 bits per heavy atom. The summed E-state index contributed by atoms with van der Waals surface area (Å²) >= 11 is 0. The number of carbonyl (C=O) groups excluding carboxylic acids is 2. The smallest absolute Gasteiger partial charge is 0.240 e. The molecule has 5 heteroatoms. The molecular weight excluding hydrogens is 242 g/mol. The van der Waals surface area contributed by atoms with Gasteiger partial charge in [0.1, 0.15) is 6.04 Å². The van der Waals surface area contributed by atoms with Crippen LogP contribution in [0.5, 0.6) is 0 Å². The number of benzene rings is 1. The summed E-state index contributed by atoms with van der Waals surface area (Å²) in [6, 6.07) is 8.18. The van der Waals surface area contributed by atoms with Crippen molar-refractivity contribution in [3.63, 3.8) is 0 Å². The van der Waals surface area contributed by atoms with Crippen molar-refractivity contribution in [2.75, 3.05) is 0 Å². The Kier molecular flexibility index (Phi) is 5.07. The first-order chi connectivity index (χ1) is 8.95. The number of nitrogens with two attached hydrogens (primary N) is 1. The van der Waals surface area contributed by atoms with Crippen LogP contribution in [0.4, 0.5) is 0 Å². The molecule has 0 aromatic heterocycles. The highest BCUT2D eigenvalue weighted by Gasteiger charge is 2.21. The Labute approximate surface area is 112 Å². The van der Waals surface area contributed by atoms with Gasteiger partial charge in [-0.25, -0.2) is 0 Å². The van der Waals surface area contributed by atoms with Crippen molar-refractivity contribution in [2.45, 2.75) is 26.3 Å². The summed E-state index contributed by atoms with van der Waals surface area (Å²) in [6.45, 7) is 3.47. The van der Waals surface area contributed by atoms with Crippen molar-refractivity contribution >= 4 is 11.8 Å². The maximum absolute atomic E-state index is 11.6. The lowest BCUT2D eigenvalue weighted by Gasteiger charge is -2.17. The molecule has 2 amide bonds. The SMILES string of the molecule is CC(C)C(=O)N[C@H](Cc1ccccc1C#N)C(N)=O. The van der Waals surface area contributed by atoms with Crippen LogP contribution in [0.2, 0.25) is 0 Å². The third kappa shape index (κ3) is 4.11. The molecule has 100 valence electrons. The van der Waals surface area contributed by atoms with E-state index in [2.05, 4.69) is 11.4 Å². The maximum Gasteiger partial charge on any atom is 0.240 e. The van der Waals surface area contributed by atoms with E-state index in [9.17, 15) is 9.59 Å². The first kappa shape index (κ1) is 14.7. The second-order valence-electron chi connectivity index (χ2n) is 4.59. The van der Waals surface area contributed by atoms with E-state index in [0.29, 0.717) is 11.1 Å². The van der Waals surface area contributed by atoms with E-state index in [1.807, 2.05) is 0 Å². The topological polar surface area (TPSA) is 96.0 Å². The predicted molar refractivity (Wildman–Crippen MR) is 70.8 cm³/mol. The van der Waals surface area contributed by atoms with Gasteiger partial charge >= 0.3 is 0 Å². The average Bonchev–Trinajstić information content (AvgIpc) is 2.38. The molecule has 0 saturated carbocycles. The fraction of sp³-hybridized carbons (Fsp3) is 0.357. The highest BCUT2D eigenvalue weighted by molar-refractivity contribution is 5.87. The number of hydrogen-bond acceptors (Lipinski definition) is 3. The standard InChI is InChI=1S/C14H17N3O2/c1-9(2)14(19)17-12(13(16)18)7-10-5-3-4-6-11(10)8-15/h3-6,9,12H,7H2,1-2H3,(H2,16,18)(H,17,19)/t12-/m1/s1. The zero-order chi connectivity index (χ0) is 14.4. The van der Waals surface area contributed by atoms with Gasteiger partial charge in [-0.15, -0.1) is 0 Å². The fourth-order valence-corrected chi connectivity index (χ4v) is 1.59. The molecule has 0 spiro atoms. The first-order valence-electron chi connectivity index (χ1n) is 6.03. The predicted octanol–water partition coefficient (Wildman–Crippen LogP) is 0.727. The number of hydrogen-bond donors (Lipinski definition) is 2. The van der Waals surface area contributed by atoms with E-state index in [4.69, 9.17) is 11.0 Å². The van der Waals surface area contributed by atoms with Gasteiger partial charge in [-0.2, -0.15) is 5.26 Å². The molecule has 0 aliphatic heterocycles. The summed E-state index contributed by atoms with van der Waals surface area (Å²) in [5.41, 5.74) is 6.46. The molecule has 3 N–H and O–H groups in total. The van der Waals surface area contributed by atoms with Crippen molar-refractivity contribution < 1.29 is 9.59 Å². The van der Waals surface area contributed by atoms with Crippen LogP contribution in [-0.2, 0) is 16.0 Å². The second-order valence-corrected chi connectivity index (χ2v) is 4.59. The Morgan fingerprint density at radius 3 is 2.53 bits per heavy atom. The molecular formula is C14H17N3O2. The Morgan fingerprint density at radius 1 is 1.37 bits per heavy atom. The minimum atomic E-state index is -0.801. The monoisotopic (exact) mass is 259 g/mol. The molecule has 0 fully saturated rings. The van der Waals surface area contributed by atoms with Crippen LogP contribution < -0.4 is 11.1 Å². The van der Waals surface area contributed by atoms with Crippen molar-refractivity contribution in [1.29, 1.82) is 5.26 Å². The molecule has 19 heavy (non-hydrogen) atoms. The number of nitrogens with one attached hydrogen (secondary N) is 1. The molecule has 1 aromatic carbocycles. The van der Waals surface area contributed by atoms with Gasteiger partial charge in [0.05, 0.1) is 11.6 Å². The highest BCUT2D eigenvalue weighted by Crippen LogP contribution is 2.10. The van der Waals surface area contributed by atoms with E-state index in [-0.39, 0.29) is 18.2 Å². The minimum absolute atomic E-state index is 0.220. The second kappa shape index (κ2) is 6.55. The largest absolute Gasteiger partial charge is 0.368 e. The number of nitrogens with zero attached hydrogens (tertiary/aromatic N) is 1. The number of rotatable bonds is 5. The van der Waals surface area contributed by atoms with Crippen LogP contribution in [0.1, 0.15) is 25.0 Å². The first-order valence-corrected chi connectivity index (χ1v) is 6.03. The summed E-state index contributed by atoms with van der Waals surface area (Å²) in [6.07, 6.45) is 0.220. The fourth-order valence-electron chi connectivity index (χ4n) is 1.59. The molecule has 0 bridgehead atoms. The van der Waals surface area contributed by atoms with Gasteiger partial charge in [0.15, 0.2) is 0 Å². The maximum atomic E-state index is 11.6. The van der Waals surface area contributed by atoms with E-state index < -0.39 is 11.9 Å². The van der Waals surface area contributed by atoms with Gasteiger partial charge in [-0.3, -0.25) is 9.59 Å². The molecule has 0 unspecified atom stereocenters. The number of primary amides is 1. The molecule has 5 nitrogen and oxygen atoms in total. The van der Waals surface area contributed by atoms with Crippen molar-refractivity contribution in [3.05, 3.63) is 35.4 Å². The van der Waals surface area contributed by atoms with Crippen LogP contribution >= 0.6 is 0 Å². The van der Waals surface area contributed by atoms with E-state index in [0.717, 1.165) is 0 Å². The molecule has 0 saturated heterocycles. The van der Waals surface area contributed by atoms with Gasteiger partial charge in [0, 0.05) is 12.3 Å². The third-order valence-electron chi connectivity index (χ3n) is 2.75. The zero-order valence-electron chi connectivity index (χ0n) is 11.0. The Balaban J connectivity index is 2.88. The third-order valence-corrected chi connectivity index (χ3v) is 2.75. The van der Waals surface area contributed by atoms with Crippen LogP contribution in [0.25, 0.3) is 0 Å². The zero-order valence-corrected chi connectivity index (χ0v) is 11.0. The van der Waals surface area contributed by atoms with Crippen LogP contribution in [0, 0.1) is 17.2 Å². The van der Waals surface area contributed by atoms with Gasteiger partial charge < -0.3 is 11.1 Å². The normalized spacial score (nSPS) is 11.7. The van der Waals surface area contributed by atoms with Gasteiger partial charge in [-0.05, 0) is 11.6 Å². The molecule has 0 heterocycles. The van der Waals surface area contributed by atoms with Crippen LogP contribution in [0.15, 0.2) is 24.3 Å². The summed E-state index contributed by atoms with van der Waals surface area (Å²) in [5.74, 6) is -1.08. The van der Waals surface area contributed by atoms with Crippen LogP contribution in [-0.4, -0.2) is 17.9 Å². The van der Waals surface area contributed by atoms with Crippen LogP contribution in [0.3, 0.4) is 0 Å². The van der Waals surface area contributed by atoms with Gasteiger partial charge in [0.2, 0.25) is 11.8 Å². The Bertz CT molecular complexity index is 518. The van der Waals surface area contributed by atoms with E-state index in [1.54, 1.807) is 38.1 Å². The lowest BCUT2D eigenvalue weighted by atomic mass is 10.00. The number of amides is 2. The van der Waals surface area contributed by atoms with Crippen molar-refractivity contribution in [1.82, 2.24) is 5.32 Å². The van der Waals surface area contributed by atoms with E-state index >= 15 is 0 Å². The quantitative estimate of drug-likeness (QED) is 0.815.